The van der Waals surface area contributed by atoms with Gasteiger partial charge < -0.3 is 15.4 Å². The van der Waals surface area contributed by atoms with Crippen LogP contribution in [-0.4, -0.2) is 31.1 Å². The van der Waals surface area contributed by atoms with E-state index in [0.29, 0.717) is 18.3 Å². The summed E-state index contributed by atoms with van der Waals surface area (Å²) in [4.78, 5) is 8.23. The number of aliphatic imine (C=N–C) groups is 1. The van der Waals surface area contributed by atoms with E-state index in [9.17, 15) is 0 Å². The maximum Gasteiger partial charge on any atom is 0.191 e. The van der Waals surface area contributed by atoms with Gasteiger partial charge in [0.05, 0.1) is 6.61 Å². The van der Waals surface area contributed by atoms with Crippen molar-refractivity contribution in [3.63, 3.8) is 0 Å². The monoisotopic (exact) mass is 460 g/mol. The lowest BCUT2D eigenvalue weighted by atomic mass is 10.3. The number of pyridine rings is 1. The summed E-state index contributed by atoms with van der Waals surface area (Å²) in [6.07, 6.45) is 2.63. The van der Waals surface area contributed by atoms with E-state index in [1.165, 1.54) is 0 Å². The fourth-order valence-electron chi connectivity index (χ4n) is 1.90. The lowest BCUT2D eigenvalue weighted by Gasteiger charge is -2.12. The van der Waals surface area contributed by atoms with Gasteiger partial charge in [-0.3, -0.25) is 4.99 Å². The van der Waals surface area contributed by atoms with Gasteiger partial charge in [0.25, 0.3) is 0 Å². The standard InChI is InChI=1S/C17H21ClN4O.HI/c1-19-17(22-13-14-8-9-16(18)21-12-14)20-10-5-11-23-15-6-3-2-4-7-15;/h2-4,6-9,12H,5,10-11,13H2,1H3,(H2,19,20,22);1H. The molecule has 24 heavy (non-hydrogen) atoms. The van der Waals surface area contributed by atoms with E-state index >= 15 is 0 Å². The zero-order chi connectivity index (χ0) is 16.3. The molecule has 130 valence electrons. The highest BCUT2D eigenvalue weighted by molar-refractivity contribution is 14.0. The lowest BCUT2D eigenvalue weighted by molar-refractivity contribution is 0.311. The lowest BCUT2D eigenvalue weighted by Crippen LogP contribution is -2.37. The van der Waals surface area contributed by atoms with E-state index < -0.39 is 0 Å². The Hall–Kier alpha value is -1.54. The molecular weight excluding hydrogens is 439 g/mol. The van der Waals surface area contributed by atoms with Gasteiger partial charge >= 0.3 is 0 Å². The number of hydrogen-bond acceptors (Lipinski definition) is 3. The van der Waals surface area contributed by atoms with E-state index in [-0.39, 0.29) is 24.0 Å². The quantitative estimate of drug-likeness (QED) is 0.218. The first-order valence-corrected chi connectivity index (χ1v) is 7.88. The number of guanidine groups is 1. The number of rotatable bonds is 7. The largest absolute Gasteiger partial charge is 0.494 e. The summed E-state index contributed by atoms with van der Waals surface area (Å²) in [6, 6.07) is 13.5. The van der Waals surface area contributed by atoms with Crippen LogP contribution in [0.25, 0.3) is 0 Å². The summed E-state index contributed by atoms with van der Waals surface area (Å²) < 4.78 is 5.64. The normalized spacial score (nSPS) is 10.7. The van der Waals surface area contributed by atoms with Crippen molar-refractivity contribution in [3.8, 4) is 5.75 Å². The zero-order valence-electron chi connectivity index (χ0n) is 13.5. The first-order valence-electron chi connectivity index (χ1n) is 7.51. The second kappa shape index (κ2) is 11.9. The Kier molecular flexibility index (Phi) is 10.2. The summed E-state index contributed by atoms with van der Waals surface area (Å²) >= 11 is 5.76. The van der Waals surface area contributed by atoms with Crippen molar-refractivity contribution in [1.82, 2.24) is 15.6 Å². The molecule has 0 spiro atoms. The molecule has 1 heterocycles. The van der Waals surface area contributed by atoms with Gasteiger partial charge in [-0.2, -0.15) is 0 Å². The molecule has 0 amide bonds. The average molecular weight is 461 g/mol. The molecule has 0 saturated heterocycles. The topological polar surface area (TPSA) is 58.5 Å². The van der Waals surface area contributed by atoms with Crippen LogP contribution in [0.3, 0.4) is 0 Å². The molecule has 0 aliphatic carbocycles. The van der Waals surface area contributed by atoms with Crippen LogP contribution in [0.1, 0.15) is 12.0 Å². The second-order valence-electron chi connectivity index (χ2n) is 4.86. The third kappa shape index (κ3) is 7.83. The molecule has 7 heteroatoms. The number of nitrogens with one attached hydrogen (secondary N) is 2. The number of nitrogens with zero attached hydrogens (tertiary/aromatic N) is 2. The minimum Gasteiger partial charge on any atom is -0.494 e. The fraction of sp³-hybridized carbons (Fsp3) is 0.294. The van der Waals surface area contributed by atoms with Crippen molar-refractivity contribution >= 4 is 41.5 Å². The number of hydrogen-bond donors (Lipinski definition) is 2. The number of benzene rings is 1. The Balaban J connectivity index is 0.00000288. The van der Waals surface area contributed by atoms with Crippen molar-refractivity contribution in [3.05, 3.63) is 59.4 Å². The van der Waals surface area contributed by atoms with E-state index in [1.807, 2.05) is 36.4 Å². The van der Waals surface area contributed by atoms with Crippen LogP contribution in [0.15, 0.2) is 53.7 Å². The smallest absolute Gasteiger partial charge is 0.191 e. The number of aromatic nitrogens is 1. The van der Waals surface area contributed by atoms with Crippen molar-refractivity contribution < 1.29 is 4.74 Å². The zero-order valence-corrected chi connectivity index (χ0v) is 16.6. The molecule has 2 aromatic rings. The van der Waals surface area contributed by atoms with Crippen molar-refractivity contribution in [1.29, 1.82) is 0 Å². The minimum atomic E-state index is 0. The van der Waals surface area contributed by atoms with E-state index in [0.717, 1.165) is 30.2 Å². The molecule has 2 N–H and O–H groups in total. The van der Waals surface area contributed by atoms with Crippen LogP contribution in [-0.2, 0) is 6.54 Å². The van der Waals surface area contributed by atoms with Crippen molar-refractivity contribution in [2.24, 2.45) is 4.99 Å². The first-order chi connectivity index (χ1) is 11.3. The molecule has 0 aliphatic heterocycles. The van der Waals surface area contributed by atoms with Gasteiger partial charge in [0.1, 0.15) is 10.9 Å². The summed E-state index contributed by atoms with van der Waals surface area (Å²) in [5.41, 5.74) is 1.05. The Bertz CT molecular complexity index is 608. The summed E-state index contributed by atoms with van der Waals surface area (Å²) in [7, 11) is 1.75. The number of ether oxygens (including phenoxy) is 1. The molecular formula is C17H22ClIN4O. The molecule has 0 atom stereocenters. The van der Waals surface area contributed by atoms with E-state index in [4.69, 9.17) is 16.3 Å². The SMILES string of the molecule is CN=C(NCCCOc1ccccc1)NCc1ccc(Cl)nc1.I. The third-order valence-corrected chi connectivity index (χ3v) is 3.32. The van der Waals surface area contributed by atoms with Crippen LogP contribution in [0, 0.1) is 0 Å². The van der Waals surface area contributed by atoms with Crippen LogP contribution < -0.4 is 15.4 Å². The highest BCUT2D eigenvalue weighted by Gasteiger charge is 1.99. The number of para-hydroxylation sites is 1. The van der Waals surface area contributed by atoms with Gasteiger partial charge in [-0.15, -0.1) is 24.0 Å². The molecule has 1 aromatic carbocycles. The van der Waals surface area contributed by atoms with Crippen molar-refractivity contribution in [2.45, 2.75) is 13.0 Å². The predicted molar refractivity (Wildman–Crippen MR) is 109 cm³/mol. The molecule has 0 unspecified atom stereocenters. The summed E-state index contributed by atoms with van der Waals surface area (Å²) in [6.45, 7) is 2.09. The Labute approximate surface area is 164 Å². The molecule has 5 nitrogen and oxygen atoms in total. The molecule has 0 saturated carbocycles. The second-order valence-corrected chi connectivity index (χ2v) is 5.24. The van der Waals surface area contributed by atoms with E-state index in [2.05, 4.69) is 20.6 Å². The molecule has 2 rings (SSSR count). The van der Waals surface area contributed by atoms with Gasteiger partial charge in [-0.1, -0.05) is 35.9 Å². The van der Waals surface area contributed by atoms with Crippen LogP contribution in [0.5, 0.6) is 5.75 Å². The predicted octanol–water partition coefficient (Wildman–Crippen LogP) is 3.49. The summed E-state index contributed by atoms with van der Waals surface area (Å²) in [5, 5.41) is 6.97. The molecule has 0 bridgehead atoms. The molecule has 1 aromatic heterocycles. The van der Waals surface area contributed by atoms with Gasteiger partial charge in [-0.05, 0) is 30.2 Å². The highest BCUT2D eigenvalue weighted by Crippen LogP contribution is 2.08. The van der Waals surface area contributed by atoms with E-state index in [1.54, 1.807) is 19.3 Å². The minimum absolute atomic E-state index is 0. The maximum atomic E-state index is 5.76. The number of halogens is 2. The van der Waals surface area contributed by atoms with Gasteiger partial charge in [-0.25, -0.2) is 4.98 Å². The maximum absolute atomic E-state index is 5.76. The Morgan fingerprint density at radius 3 is 2.62 bits per heavy atom. The third-order valence-electron chi connectivity index (χ3n) is 3.10. The molecule has 0 aliphatic rings. The van der Waals surface area contributed by atoms with Gasteiger partial charge in [0.15, 0.2) is 5.96 Å². The highest BCUT2D eigenvalue weighted by atomic mass is 127. The molecule has 0 radical (unpaired) electrons. The van der Waals surface area contributed by atoms with Gasteiger partial charge in [0.2, 0.25) is 0 Å². The molecule has 0 fully saturated rings. The van der Waals surface area contributed by atoms with Gasteiger partial charge in [0, 0.05) is 26.3 Å². The fourth-order valence-corrected chi connectivity index (χ4v) is 2.01. The van der Waals surface area contributed by atoms with Crippen molar-refractivity contribution in [2.75, 3.05) is 20.2 Å². The summed E-state index contributed by atoms with van der Waals surface area (Å²) in [5.74, 6) is 1.64. The Morgan fingerprint density at radius 1 is 1.17 bits per heavy atom. The van der Waals surface area contributed by atoms with Crippen LogP contribution >= 0.6 is 35.6 Å². The van der Waals surface area contributed by atoms with Crippen LogP contribution in [0.4, 0.5) is 0 Å². The first kappa shape index (κ1) is 20.5. The average Bonchev–Trinajstić information content (AvgIpc) is 2.59. The Morgan fingerprint density at radius 2 is 1.96 bits per heavy atom. The van der Waals surface area contributed by atoms with Crippen LogP contribution in [0.2, 0.25) is 5.15 Å².